The molecule has 0 saturated carbocycles. The molecule has 0 atom stereocenters. The molecule has 3 N–H and O–H groups in total. The molecule has 3 rings (SSSR count). The topological polar surface area (TPSA) is 166 Å². The van der Waals surface area contributed by atoms with Gasteiger partial charge >= 0.3 is 5.69 Å². The van der Waals surface area contributed by atoms with E-state index in [0.29, 0.717) is 5.39 Å². The van der Waals surface area contributed by atoms with Crippen LogP contribution in [-0.4, -0.2) is 50.3 Å². The highest BCUT2D eigenvalue weighted by Gasteiger charge is 2.26. The minimum atomic E-state index is -0.955. The molecule has 11 nitrogen and oxygen atoms in total. The van der Waals surface area contributed by atoms with Crippen LogP contribution in [-0.2, 0) is 11.3 Å². The molecule has 0 spiro atoms. The summed E-state index contributed by atoms with van der Waals surface area (Å²) in [4.78, 5) is 24.0. The van der Waals surface area contributed by atoms with Gasteiger partial charge in [-0.15, -0.1) is 0 Å². The zero-order valence-electron chi connectivity index (χ0n) is 16.8. The third-order valence-corrected chi connectivity index (χ3v) is 4.70. The molecule has 0 aliphatic rings. The molecular formula is C20H16FN5O6. The Labute approximate surface area is 179 Å². The first kappa shape index (κ1) is 22.0. The number of amides is 1. The number of aliphatic hydroxyl groups is 1. The molecule has 2 aromatic carbocycles. The molecule has 164 valence electrons. The smallest absolute Gasteiger partial charge is 0.315 e. The van der Waals surface area contributed by atoms with Gasteiger partial charge in [0.2, 0.25) is 5.75 Å². The number of nitro groups is 1. The van der Waals surface area contributed by atoms with Crippen LogP contribution in [0.1, 0.15) is 11.1 Å². The Morgan fingerprint density at radius 2 is 2.16 bits per heavy atom. The van der Waals surface area contributed by atoms with Crippen molar-refractivity contribution in [3.05, 3.63) is 63.1 Å². The minimum absolute atomic E-state index is 0.135. The number of halogens is 1. The lowest BCUT2D eigenvalue weighted by atomic mass is 10.1. The summed E-state index contributed by atoms with van der Waals surface area (Å²) in [7, 11) is 2.43. The molecule has 12 heteroatoms. The molecule has 32 heavy (non-hydrogen) atoms. The fourth-order valence-electron chi connectivity index (χ4n) is 3.03. The number of hydrogen-bond acceptors (Lipinski definition) is 8. The molecule has 1 aromatic heterocycles. The number of phenols is 1. The van der Waals surface area contributed by atoms with Gasteiger partial charge in [0, 0.05) is 36.2 Å². The number of benzene rings is 2. The lowest BCUT2D eigenvalue weighted by molar-refractivity contribution is -0.386. The van der Waals surface area contributed by atoms with Gasteiger partial charge in [0.25, 0.3) is 5.91 Å². The lowest BCUT2D eigenvalue weighted by Crippen LogP contribution is -2.28. The van der Waals surface area contributed by atoms with Gasteiger partial charge in [0.05, 0.1) is 18.2 Å². The number of fused-ring (bicyclic) bond motifs is 1. The molecule has 3 aromatic rings. The van der Waals surface area contributed by atoms with Crippen molar-refractivity contribution in [2.45, 2.75) is 6.54 Å². The van der Waals surface area contributed by atoms with E-state index < -0.39 is 39.4 Å². The number of nitriles is 1. The average Bonchev–Trinajstić information content (AvgIpc) is 3.25. The summed E-state index contributed by atoms with van der Waals surface area (Å²) >= 11 is 0. The van der Waals surface area contributed by atoms with Gasteiger partial charge in [0.1, 0.15) is 17.3 Å². The van der Waals surface area contributed by atoms with Crippen LogP contribution < -0.4 is 4.74 Å². The van der Waals surface area contributed by atoms with Gasteiger partial charge in [-0.2, -0.15) is 10.4 Å². The molecule has 0 aliphatic carbocycles. The Kier molecular flexibility index (Phi) is 5.92. The SMILES string of the molecule is COc1cc(/C(O)=C(\C#N)C(=O)N(C)Cc2ccc3cn[nH]c3c2F)cc([N+](=O)[O-])c1O. The Hall–Kier alpha value is -4.66. The first-order valence-electron chi connectivity index (χ1n) is 8.94. The summed E-state index contributed by atoms with van der Waals surface area (Å²) in [5.74, 6) is -3.56. The molecule has 0 bridgehead atoms. The van der Waals surface area contributed by atoms with Gasteiger partial charge in [-0.1, -0.05) is 12.1 Å². The predicted molar refractivity (Wildman–Crippen MR) is 109 cm³/mol. The highest BCUT2D eigenvalue weighted by molar-refractivity contribution is 6.03. The number of nitro benzene ring substituents is 1. The number of carbonyl (C=O) groups excluding carboxylic acids is 1. The number of rotatable bonds is 6. The van der Waals surface area contributed by atoms with Crippen molar-refractivity contribution < 1.29 is 29.1 Å². The Balaban J connectivity index is 1.98. The van der Waals surface area contributed by atoms with Crippen LogP contribution in [0, 0.1) is 27.3 Å². The summed E-state index contributed by atoms with van der Waals surface area (Å²) in [5.41, 5.74) is -1.53. The van der Waals surface area contributed by atoms with Crippen LogP contribution in [0.4, 0.5) is 10.1 Å². The number of methoxy groups -OCH3 is 1. The zero-order chi connectivity index (χ0) is 23.6. The minimum Gasteiger partial charge on any atom is -0.506 e. The maximum Gasteiger partial charge on any atom is 0.315 e. The fraction of sp³-hybridized carbons (Fsp3) is 0.150. The van der Waals surface area contributed by atoms with E-state index in [4.69, 9.17) is 4.74 Å². The number of phenolic OH excluding ortho intramolecular Hbond substituents is 1. The van der Waals surface area contributed by atoms with Gasteiger partial charge in [-0.05, 0) is 6.07 Å². The van der Waals surface area contributed by atoms with Crippen molar-refractivity contribution in [3.63, 3.8) is 0 Å². The predicted octanol–water partition coefficient (Wildman–Crippen LogP) is 2.78. The molecule has 1 heterocycles. The largest absolute Gasteiger partial charge is 0.506 e. The van der Waals surface area contributed by atoms with E-state index >= 15 is 0 Å². The Morgan fingerprint density at radius 3 is 2.78 bits per heavy atom. The number of aromatic hydroxyl groups is 1. The van der Waals surface area contributed by atoms with Crippen LogP contribution >= 0.6 is 0 Å². The molecule has 0 fully saturated rings. The van der Waals surface area contributed by atoms with Crippen molar-refractivity contribution in [3.8, 4) is 17.6 Å². The number of nitrogens with one attached hydrogen (secondary N) is 1. The highest BCUT2D eigenvalue weighted by atomic mass is 19.1. The Morgan fingerprint density at radius 1 is 1.44 bits per heavy atom. The second-order valence-corrected chi connectivity index (χ2v) is 6.67. The molecule has 0 saturated heterocycles. The van der Waals surface area contributed by atoms with Crippen LogP contribution in [0.5, 0.6) is 11.5 Å². The number of H-pyrrole nitrogens is 1. The van der Waals surface area contributed by atoms with E-state index in [1.807, 2.05) is 0 Å². The number of carbonyl (C=O) groups is 1. The lowest BCUT2D eigenvalue weighted by Gasteiger charge is -2.18. The third kappa shape index (κ3) is 3.86. The van der Waals surface area contributed by atoms with Crippen LogP contribution in [0.25, 0.3) is 16.7 Å². The first-order valence-corrected chi connectivity index (χ1v) is 8.94. The summed E-state index contributed by atoms with van der Waals surface area (Å²) in [6.45, 7) is -0.239. The van der Waals surface area contributed by atoms with Crippen LogP contribution in [0.3, 0.4) is 0 Å². The van der Waals surface area contributed by atoms with Crippen LogP contribution in [0.2, 0.25) is 0 Å². The van der Waals surface area contributed by atoms with E-state index in [2.05, 4.69) is 10.2 Å². The molecule has 0 aliphatic heterocycles. The van der Waals surface area contributed by atoms with Crippen molar-refractivity contribution in [1.82, 2.24) is 15.1 Å². The quantitative estimate of drug-likeness (QED) is 0.173. The average molecular weight is 441 g/mol. The van der Waals surface area contributed by atoms with E-state index in [1.165, 1.54) is 19.3 Å². The number of nitrogens with zero attached hydrogens (tertiary/aromatic N) is 4. The van der Waals surface area contributed by atoms with Gasteiger partial charge in [0.15, 0.2) is 17.1 Å². The second-order valence-electron chi connectivity index (χ2n) is 6.67. The third-order valence-electron chi connectivity index (χ3n) is 4.70. The molecule has 1 amide bonds. The summed E-state index contributed by atoms with van der Waals surface area (Å²) in [6.07, 6.45) is 1.44. The summed E-state index contributed by atoms with van der Waals surface area (Å²) in [5, 5.41) is 47.8. The Bertz CT molecular complexity index is 1310. The maximum atomic E-state index is 14.6. The van der Waals surface area contributed by atoms with Crippen molar-refractivity contribution in [2.24, 2.45) is 0 Å². The second kappa shape index (κ2) is 8.60. The normalized spacial score (nSPS) is 11.6. The number of aromatic nitrogens is 2. The first-order chi connectivity index (χ1) is 15.2. The monoisotopic (exact) mass is 441 g/mol. The van der Waals surface area contributed by atoms with Gasteiger partial charge < -0.3 is 19.8 Å². The van der Waals surface area contributed by atoms with E-state index in [1.54, 1.807) is 12.1 Å². The van der Waals surface area contributed by atoms with Crippen molar-refractivity contribution in [2.75, 3.05) is 14.2 Å². The van der Waals surface area contributed by atoms with E-state index in [9.17, 15) is 34.8 Å². The van der Waals surface area contributed by atoms with Crippen LogP contribution in [0.15, 0.2) is 36.0 Å². The number of ether oxygens (including phenoxy) is 1. The summed E-state index contributed by atoms with van der Waals surface area (Å²) in [6, 6.07) is 6.46. The number of aliphatic hydroxyl groups excluding tert-OH is 1. The zero-order valence-corrected chi connectivity index (χ0v) is 16.8. The fourth-order valence-corrected chi connectivity index (χ4v) is 3.03. The maximum absolute atomic E-state index is 14.6. The van der Waals surface area contributed by atoms with Crippen molar-refractivity contribution in [1.29, 1.82) is 5.26 Å². The van der Waals surface area contributed by atoms with Gasteiger partial charge in [-0.3, -0.25) is 20.0 Å². The summed E-state index contributed by atoms with van der Waals surface area (Å²) < 4.78 is 19.5. The standard InChI is InChI=1S/C20H16FN5O6/c1-25(9-11-4-3-10-8-23-24-17(10)16(11)21)20(29)13(7-22)18(27)12-5-14(26(30)31)19(28)15(6-12)32-2/h3-6,8,27-28H,9H2,1-2H3,(H,23,24)/b18-13-. The molecular weight excluding hydrogens is 425 g/mol. The van der Waals surface area contributed by atoms with E-state index in [-0.39, 0.29) is 28.9 Å². The number of aromatic amines is 1. The molecule has 0 radical (unpaired) electrons. The number of likely N-dealkylation sites (N-methyl/N-ethyl adjacent to an activating group) is 1. The van der Waals surface area contributed by atoms with E-state index in [0.717, 1.165) is 24.1 Å². The highest BCUT2D eigenvalue weighted by Crippen LogP contribution is 2.38. The number of hydrogen-bond donors (Lipinski definition) is 3. The van der Waals surface area contributed by atoms with Crippen molar-refractivity contribution >= 4 is 28.3 Å². The molecule has 0 unspecified atom stereocenters. The van der Waals surface area contributed by atoms with Gasteiger partial charge in [-0.25, -0.2) is 4.39 Å².